The first kappa shape index (κ1) is 23.0. The molecule has 3 amide bonds. The zero-order chi connectivity index (χ0) is 24.2. The van der Waals surface area contributed by atoms with E-state index in [-0.39, 0.29) is 24.1 Å². The number of morpholine rings is 1. The Hall–Kier alpha value is -3.77. The van der Waals surface area contributed by atoms with E-state index in [1.807, 2.05) is 30.3 Å². The van der Waals surface area contributed by atoms with Crippen LogP contribution in [0.1, 0.15) is 39.1 Å². The van der Waals surface area contributed by atoms with Gasteiger partial charge >= 0.3 is 0 Å². The summed E-state index contributed by atoms with van der Waals surface area (Å²) in [6, 6.07) is 24.8. The van der Waals surface area contributed by atoms with Crippen molar-refractivity contribution in [3.63, 3.8) is 0 Å². The first-order valence-electron chi connectivity index (χ1n) is 12.1. The molecule has 1 atom stereocenters. The van der Waals surface area contributed by atoms with Gasteiger partial charge in [0.05, 0.1) is 24.3 Å². The van der Waals surface area contributed by atoms with Crippen molar-refractivity contribution < 1.29 is 19.1 Å². The van der Waals surface area contributed by atoms with E-state index in [4.69, 9.17) is 4.74 Å². The highest BCUT2D eigenvalue weighted by molar-refractivity contribution is 6.21. The molecule has 6 heteroatoms. The van der Waals surface area contributed by atoms with E-state index in [2.05, 4.69) is 24.3 Å². The summed E-state index contributed by atoms with van der Waals surface area (Å²) in [4.78, 5) is 42.4. The van der Waals surface area contributed by atoms with E-state index in [1.165, 1.54) is 4.90 Å². The Balaban J connectivity index is 1.36. The first-order valence-corrected chi connectivity index (χ1v) is 12.1. The first-order chi connectivity index (χ1) is 17.1. The molecule has 0 bridgehead atoms. The monoisotopic (exact) mass is 468 g/mol. The Labute approximate surface area is 205 Å². The smallest absolute Gasteiger partial charge is 0.261 e. The molecule has 0 unspecified atom stereocenters. The fourth-order valence-corrected chi connectivity index (χ4v) is 4.86. The highest BCUT2D eigenvalue weighted by Gasteiger charge is 2.39. The molecule has 0 radical (unpaired) electrons. The van der Waals surface area contributed by atoms with Gasteiger partial charge in [0.1, 0.15) is 0 Å². The lowest BCUT2D eigenvalue weighted by atomic mass is 9.97. The van der Waals surface area contributed by atoms with Gasteiger partial charge in [-0.2, -0.15) is 0 Å². The number of benzene rings is 3. The van der Waals surface area contributed by atoms with Crippen LogP contribution in [-0.4, -0.2) is 59.9 Å². The summed E-state index contributed by atoms with van der Waals surface area (Å²) in [6.45, 7) is 2.25. The number of rotatable bonds is 7. The van der Waals surface area contributed by atoms with E-state index in [9.17, 15) is 14.4 Å². The van der Waals surface area contributed by atoms with Crippen LogP contribution in [0.3, 0.4) is 0 Å². The summed E-state index contributed by atoms with van der Waals surface area (Å²) < 4.78 is 5.35. The fourth-order valence-electron chi connectivity index (χ4n) is 4.86. The van der Waals surface area contributed by atoms with E-state index in [1.54, 1.807) is 29.2 Å². The number of fused-ring (bicyclic) bond motifs is 1. The highest BCUT2D eigenvalue weighted by Crippen LogP contribution is 2.28. The van der Waals surface area contributed by atoms with Gasteiger partial charge in [-0.05, 0) is 41.7 Å². The predicted octanol–water partition coefficient (Wildman–Crippen LogP) is 4.20. The molecule has 6 nitrogen and oxygen atoms in total. The molecule has 1 fully saturated rings. The Morgan fingerprint density at radius 2 is 1.34 bits per heavy atom. The summed E-state index contributed by atoms with van der Waals surface area (Å²) in [5.41, 5.74) is 4.12. The van der Waals surface area contributed by atoms with Crippen molar-refractivity contribution in [2.75, 3.05) is 26.3 Å². The largest absolute Gasteiger partial charge is 0.378 e. The van der Waals surface area contributed by atoms with Crippen LogP contribution in [0.2, 0.25) is 0 Å². The molecule has 2 heterocycles. The number of hydrogen-bond acceptors (Lipinski definition) is 4. The number of nitrogens with zero attached hydrogens (tertiary/aromatic N) is 2. The summed E-state index contributed by atoms with van der Waals surface area (Å²) in [5, 5.41) is 0. The zero-order valence-corrected chi connectivity index (χ0v) is 19.6. The average Bonchev–Trinajstić information content (AvgIpc) is 3.17. The zero-order valence-electron chi connectivity index (χ0n) is 19.6. The van der Waals surface area contributed by atoms with Crippen LogP contribution < -0.4 is 0 Å². The molecule has 0 spiro atoms. The molecular weight excluding hydrogens is 440 g/mol. The van der Waals surface area contributed by atoms with Crippen LogP contribution in [-0.2, 0) is 16.0 Å². The number of hydrogen-bond donors (Lipinski definition) is 0. The molecule has 1 saturated heterocycles. The molecule has 0 N–H and O–H groups in total. The summed E-state index contributed by atoms with van der Waals surface area (Å²) in [5.74, 6) is -0.528. The van der Waals surface area contributed by atoms with Crippen LogP contribution in [0.4, 0.5) is 0 Å². The van der Waals surface area contributed by atoms with Gasteiger partial charge in [0.2, 0.25) is 5.91 Å². The summed E-state index contributed by atoms with van der Waals surface area (Å²) in [7, 11) is 0. The maximum atomic E-state index is 13.2. The van der Waals surface area contributed by atoms with Gasteiger partial charge in [-0.25, -0.2) is 0 Å². The predicted molar refractivity (Wildman–Crippen MR) is 133 cm³/mol. The molecule has 0 saturated carbocycles. The standard InChI is InChI=1S/C29H28N2O4/c32-27(30-16-18-35-19-17-30)15-14-24(31-28(33)25-8-4-5-9-26(25)29(31)34)20-21-10-12-23(13-11-21)22-6-2-1-3-7-22/h1-13,24H,14-20H2/t24-/m0/s1. The van der Waals surface area contributed by atoms with Crippen LogP contribution in [0.25, 0.3) is 11.1 Å². The quantitative estimate of drug-likeness (QED) is 0.488. The van der Waals surface area contributed by atoms with Crippen LogP contribution in [0, 0.1) is 0 Å². The van der Waals surface area contributed by atoms with Crippen LogP contribution in [0.5, 0.6) is 0 Å². The van der Waals surface area contributed by atoms with Gasteiger partial charge in [-0.3, -0.25) is 19.3 Å². The lowest BCUT2D eigenvalue weighted by Crippen LogP contribution is -2.44. The van der Waals surface area contributed by atoms with Gasteiger partial charge in [0, 0.05) is 25.6 Å². The molecule has 178 valence electrons. The van der Waals surface area contributed by atoms with Crippen molar-refractivity contribution in [1.82, 2.24) is 9.80 Å². The van der Waals surface area contributed by atoms with Crippen molar-refractivity contribution in [1.29, 1.82) is 0 Å². The molecule has 2 aliphatic rings. The molecular formula is C29H28N2O4. The molecule has 35 heavy (non-hydrogen) atoms. The summed E-state index contributed by atoms with van der Waals surface area (Å²) in [6.07, 6.45) is 1.19. The van der Waals surface area contributed by atoms with Crippen molar-refractivity contribution in [3.05, 3.63) is 95.6 Å². The molecule has 2 aliphatic heterocycles. The highest BCUT2D eigenvalue weighted by atomic mass is 16.5. The number of carbonyl (C=O) groups is 3. The van der Waals surface area contributed by atoms with Crippen molar-refractivity contribution >= 4 is 17.7 Å². The maximum absolute atomic E-state index is 13.2. The van der Waals surface area contributed by atoms with E-state index in [0.29, 0.717) is 50.3 Å². The average molecular weight is 469 g/mol. The second kappa shape index (κ2) is 10.2. The van der Waals surface area contributed by atoms with Crippen molar-refractivity contribution in [2.24, 2.45) is 0 Å². The summed E-state index contributed by atoms with van der Waals surface area (Å²) >= 11 is 0. The molecule has 0 aromatic heterocycles. The lowest BCUT2D eigenvalue weighted by molar-refractivity contribution is -0.135. The van der Waals surface area contributed by atoms with Crippen LogP contribution in [0.15, 0.2) is 78.9 Å². The van der Waals surface area contributed by atoms with E-state index in [0.717, 1.165) is 16.7 Å². The minimum Gasteiger partial charge on any atom is -0.378 e. The maximum Gasteiger partial charge on any atom is 0.261 e. The van der Waals surface area contributed by atoms with Gasteiger partial charge in [-0.1, -0.05) is 66.7 Å². The third-order valence-corrected chi connectivity index (χ3v) is 6.78. The number of ether oxygens (including phenoxy) is 1. The fraction of sp³-hybridized carbons (Fsp3) is 0.276. The topological polar surface area (TPSA) is 66.9 Å². The second-order valence-electron chi connectivity index (χ2n) is 8.98. The van der Waals surface area contributed by atoms with Crippen molar-refractivity contribution in [3.8, 4) is 11.1 Å². The number of imide groups is 1. The van der Waals surface area contributed by atoms with Gasteiger partial charge in [0.25, 0.3) is 11.8 Å². The number of amides is 3. The van der Waals surface area contributed by atoms with Gasteiger partial charge < -0.3 is 9.64 Å². The normalized spacial score (nSPS) is 16.3. The molecule has 0 aliphatic carbocycles. The lowest BCUT2D eigenvalue weighted by Gasteiger charge is -2.29. The minimum absolute atomic E-state index is 0.0364. The third-order valence-electron chi connectivity index (χ3n) is 6.78. The molecule has 5 rings (SSSR count). The molecule has 3 aromatic rings. The van der Waals surface area contributed by atoms with E-state index >= 15 is 0 Å². The third kappa shape index (κ3) is 4.88. The van der Waals surface area contributed by atoms with Gasteiger partial charge in [-0.15, -0.1) is 0 Å². The SMILES string of the molecule is O=C(CC[C@@H](Cc1ccc(-c2ccccc2)cc1)N1C(=O)c2ccccc2C1=O)N1CCOCC1. The van der Waals surface area contributed by atoms with E-state index < -0.39 is 6.04 Å². The Morgan fingerprint density at radius 3 is 1.97 bits per heavy atom. The Kier molecular flexibility index (Phi) is 6.73. The van der Waals surface area contributed by atoms with Gasteiger partial charge in [0.15, 0.2) is 0 Å². The van der Waals surface area contributed by atoms with Crippen LogP contribution >= 0.6 is 0 Å². The Morgan fingerprint density at radius 1 is 0.771 bits per heavy atom. The Bertz CT molecular complexity index is 1180. The second-order valence-corrected chi connectivity index (χ2v) is 8.98. The van der Waals surface area contributed by atoms with Crippen molar-refractivity contribution in [2.45, 2.75) is 25.3 Å². The number of carbonyl (C=O) groups excluding carboxylic acids is 3. The molecule has 3 aromatic carbocycles. The minimum atomic E-state index is -0.407.